The molecule has 0 amide bonds. The third-order valence-corrected chi connectivity index (χ3v) is 3.70. The molecule has 0 unspecified atom stereocenters. The van der Waals surface area contributed by atoms with Gasteiger partial charge < -0.3 is 10.5 Å². The predicted octanol–water partition coefficient (Wildman–Crippen LogP) is 5.53. The van der Waals surface area contributed by atoms with Crippen LogP contribution in [-0.2, 0) is 12.8 Å². The lowest BCUT2D eigenvalue weighted by molar-refractivity contribution is -0.137. The van der Waals surface area contributed by atoms with Crippen molar-refractivity contribution in [2.24, 2.45) is 0 Å². The lowest BCUT2D eigenvalue weighted by atomic mass is 10.0. The van der Waals surface area contributed by atoms with E-state index < -0.39 is 11.7 Å². The molecule has 3 aromatic carbocycles. The van der Waals surface area contributed by atoms with E-state index in [1.165, 1.54) is 6.07 Å². The Kier molecular flexibility index (Phi) is 4.65. The van der Waals surface area contributed by atoms with Crippen LogP contribution in [0.4, 0.5) is 18.9 Å². The SMILES string of the molecule is Nc1cc(-c2cccc(OCc3ccccc3)c2)cc(C(F)(F)F)c1. The van der Waals surface area contributed by atoms with Crippen molar-refractivity contribution in [2.45, 2.75) is 12.8 Å². The van der Waals surface area contributed by atoms with Gasteiger partial charge in [0.15, 0.2) is 0 Å². The molecule has 0 saturated carbocycles. The second-order valence-electron chi connectivity index (χ2n) is 5.64. The fourth-order valence-electron chi connectivity index (χ4n) is 2.49. The number of benzene rings is 3. The molecular formula is C20H16F3NO. The summed E-state index contributed by atoms with van der Waals surface area (Å²) in [5.74, 6) is 0.581. The van der Waals surface area contributed by atoms with Crippen LogP contribution in [0.15, 0.2) is 72.8 Å². The maximum Gasteiger partial charge on any atom is 0.416 e. The van der Waals surface area contributed by atoms with Gasteiger partial charge in [0.05, 0.1) is 5.56 Å². The zero-order valence-electron chi connectivity index (χ0n) is 13.3. The van der Waals surface area contributed by atoms with Crippen molar-refractivity contribution >= 4 is 5.69 Å². The van der Waals surface area contributed by atoms with Crippen LogP contribution in [0.25, 0.3) is 11.1 Å². The van der Waals surface area contributed by atoms with Crippen molar-refractivity contribution in [3.05, 3.63) is 83.9 Å². The molecule has 0 aliphatic carbocycles. The number of ether oxygens (including phenoxy) is 1. The second-order valence-corrected chi connectivity index (χ2v) is 5.64. The molecule has 0 spiro atoms. The molecule has 0 atom stereocenters. The highest BCUT2D eigenvalue weighted by Gasteiger charge is 2.31. The van der Waals surface area contributed by atoms with Gasteiger partial charge in [-0.3, -0.25) is 0 Å². The van der Waals surface area contributed by atoms with Gasteiger partial charge in [-0.25, -0.2) is 0 Å². The number of hydrogen-bond acceptors (Lipinski definition) is 2. The first kappa shape index (κ1) is 16.9. The minimum absolute atomic E-state index is 0.0698. The smallest absolute Gasteiger partial charge is 0.416 e. The van der Waals surface area contributed by atoms with Crippen LogP contribution in [0.2, 0.25) is 0 Å². The second kappa shape index (κ2) is 6.89. The first-order valence-electron chi connectivity index (χ1n) is 7.67. The Balaban J connectivity index is 1.85. The molecule has 0 heterocycles. The minimum atomic E-state index is -4.44. The van der Waals surface area contributed by atoms with Gasteiger partial charge in [0, 0.05) is 5.69 Å². The van der Waals surface area contributed by atoms with E-state index in [1.807, 2.05) is 30.3 Å². The van der Waals surface area contributed by atoms with Crippen molar-refractivity contribution in [2.75, 3.05) is 5.73 Å². The highest BCUT2D eigenvalue weighted by atomic mass is 19.4. The van der Waals surface area contributed by atoms with Gasteiger partial charge in [-0.1, -0.05) is 42.5 Å². The Hall–Kier alpha value is -2.95. The van der Waals surface area contributed by atoms with E-state index in [-0.39, 0.29) is 5.69 Å². The number of nitrogen functional groups attached to an aromatic ring is 1. The number of alkyl halides is 3. The molecule has 0 aromatic heterocycles. The lowest BCUT2D eigenvalue weighted by Gasteiger charge is -2.12. The zero-order valence-corrected chi connectivity index (χ0v) is 13.3. The monoisotopic (exact) mass is 343 g/mol. The summed E-state index contributed by atoms with van der Waals surface area (Å²) in [6.45, 7) is 0.384. The Morgan fingerprint density at radius 3 is 2.28 bits per heavy atom. The number of rotatable bonds is 4. The average Bonchev–Trinajstić information content (AvgIpc) is 2.60. The summed E-state index contributed by atoms with van der Waals surface area (Å²) >= 11 is 0. The number of halogens is 3. The normalized spacial score (nSPS) is 11.3. The summed E-state index contributed by atoms with van der Waals surface area (Å²) in [5.41, 5.74) is 6.96. The fourth-order valence-corrected chi connectivity index (χ4v) is 2.49. The molecule has 3 aromatic rings. The highest BCUT2D eigenvalue weighted by molar-refractivity contribution is 5.70. The summed E-state index contributed by atoms with van der Waals surface area (Å²) in [5, 5.41) is 0. The standard InChI is InChI=1S/C20H16F3NO/c21-20(22,23)17-9-16(10-18(24)12-17)15-7-4-8-19(11-15)25-13-14-5-2-1-3-6-14/h1-12H,13,24H2. The molecule has 0 aliphatic heterocycles. The fraction of sp³-hybridized carbons (Fsp3) is 0.100. The van der Waals surface area contributed by atoms with Gasteiger partial charge in [0.2, 0.25) is 0 Å². The molecule has 25 heavy (non-hydrogen) atoms. The topological polar surface area (TPSA) is 35.2 Å². The van der Waals surface area contributed by atoms with Crippen LogP contribution in [0, 0.1) is 0 Å². The molecule has 3 rings (SSSR count). The number of nitrogens with two attached hydrogens (primary N) is 1. The van der Waals surface area contributed by atoms with Crippen molar-refractivity contribution in [3.8, 4) is 16.9 Å². The Morgan fingerprint density at radius 1 is 0.800 bits per heavy atom. The maximum atomic E-state index is 13.0. The highest BCUT2D eigenvalue weighted by Crippen LogP contribution is 2.35. The molecule has 2 N–H and O–H groups in total. The van der Waals surface area contributed by atoms with Gasteiger partial charge in [0.25, 0.3) is 0 Å². The van der Waals surface area contributed by atoms with E-state index in [0.29, 0.717) is 23.5 Å². The van der Waals surface area contributed by atoms with E-state index >= 15 is 0 Å². The Bertz CT molecular complexity index is 860. The molecule has 5 heteroatoms. The average molecular weight is 343 g/mol. The molecule has 0 bridgehead atoms. The maximum absolute atomic E-state index is 13.0. The van der Waals surface area contributed by atoms with E-state index in [2.05, 4.69) is 0 Å². The van der Waals surface area contributed by atoms with Gasteiger partial charge >= 0.3 is 6.18 Å². The van der Waals surface area contributed by atoms with Crippen LogP contribution in [0.5, 0.6) is 5.75 Å². The van der Waals surface area contributed by atoms with Crippen molar-refractivity contribution in [1.29, 1.82) is 0 Å². The van der Waals surface area contributed by atoms with E-state index in [0.717, 1.165) is 17.7 Å². The van der Waals surface area contributed by atoms with Crippen LogP contribution in [0.1, 0.15) is 11.1 Å². The van der Waals surface area contributed by atoms with Gasteiger partial charge in [-0.05, 0) is 47.0 Å². The lowest BCUT2D eigenvalue weighted by Crippen LogP contribution is -2.06. The van der Waals surface area contributed by atoms with E-state index in [1.54, 1.807) is 24.3 Å². The zero-order chi connectivity index (χ0) is 17.9. The van der Waals surface area contributed by atoms with Crippen LogP contribution in [0.3, 0.4) is 0 Å². The van der Waals surface area contributed by atoms with Crippen molar-refractivity contribution < 1.29 is 17.9 Å². The quantitative estimate of drug-likeness (QED) is 0.632. The third kappa shape index (κ3) is 4.32. The molecule has 0 fully saturated rings. The summed E-state index contributed by atoms with van der Waals surface area (Å²) in [7, 11) is 0. The van der Waals surface area contributed by atoms with Crippen molar-refractivity contribution in [1.82, 2.24) is 0 Å². The summed E-state index contributed by atoms with van der Waals surface area (Å²) < 4.78 is 44.6. The van der Waals surface area contributed by atoms with Gasteiger partial charge in [0.1, 0.15) is 12.4 Å². The van der Waals surface area contributed by atoms with E-state index in [4.69, 9.17) is 10.5 Å². The Morgan fingerprint density at radius 2 is 1.56 bits per heavy atom. The predicted molar refractivity (Wildman–Crippen MR) is 92.1 cm³/mol. The first-order chi connectivity index (χ1) is 11.9. The minimum Gasteiger partial charge on any atom is -0.489 e. The molecular weight excluding hydrogens is 327 g/mol. The van der Waals surface area contributed by atoms with Gasteiger partial charge in [-0.15, -0.1) is 0 Å². The summed E-state index contributed by atoms with van der Waals surface area (Å²) in [6.07, 6.45) is -4.44. The molecule has 0 saturated heterocycles. The summed E-state index contributed by atoms with van der Waals surface area (Å²) in [6, 6.07) is 20.1. The van der Waals surface area contributed by atoms with Crippen molar-refractivity contribution in [3.63, 3.8) is 0 Å². The number of anilines is 1. The molecule has 0 aliphatic rings. The van der Waals surface area contributed by atoms with Crippen LogP contribution >= 0.6 is 0 Å². The largest absolute Gasteiger partial charge is 0.489 e. The first-order valence-corrected chi connectivity index (χ1v) is 7.67. The molecule has 128 valence electrons. The molecule has 2 nitrogen and oxygen atoms in total. The van der Waals surface area contributed by atoms with Crippen LogP contribution in [-0.4, -0.2) is 0 Å². The van der Waals surface area contributed by atoms with Crippen LogP contribution < -0.4 is 10.5 Å². The molecule has 0 radical (unpaired) electrons. The summed E-state index contributed by atoms with van der Waals surface area (Å²) in [4.78, 5) is 0. The third-order valence-electron chi connectivity index (χ3n) is 3.70. The van der Waals surface area contributed by atoms with E-state index in [9.17, 15) is 13.2 Å². The van der Waals surface area contributed by atoms with Gasteiger partial charge in [-0.2, -0.15) is 13.2 Å². The number of hydrogen-bond donors (Lipinski definition) is 1. The Labute approximate surface area is 143 Å².